The first kappa shape index (κ1) is 8.99. The Morgan fingerprint density at radius 3 is 2.58 bits per heavy atom. The molecule has 0 aromatic rings. The molecule has 0 aromatic carbocycles. The molecule has 0 bridgehead atoms. The predicted molar refractivity (Wildman–Crippen MR) is 43.2 cm³/mol. The summed E-state index contributed by atoms with van der Waals surface area (Å²) in [5, 5.41) is 5.14. The number of carbonyl (C=O) groups is 2. The van der Waals surface area contributed by atoms with E-state index in [2.05, 4.69) is 10.6 Å². The monoisotopic (exact) mass is 171 g/mol. The second-order valence-electron chi connectivity index (χ2n) is 3.10. The molecular weight excluding hydrogens is 158 g/mol. The molecule has 3 amide bonds. The van der Waals surface area contributed by atoms with Crippen LogP contribution >= 0.6 is 0 Å². The lowest BCUT2D eigenvalue weighted by Gasteiger charge is -2.11. The summed E-state index contributed by atoms with van der Waals surface area (Å²) in [5.41, 5.74) is 4.82. The smallest absolute Gasteiger partial charge is 0.318 e. The normalized spacial score (nSPS) is 28.4. The van der Waals surface area contributed by atoms with Gasteiger partial charge in [-0.3, -0.25) is 10.1 Å². The zero-order valence-electron chi connectivity index (χ0n) is 6.96. The zero-order valence-corrected chi connectivity index (χ0v) is 6.96. The molecule has 68 valence electrons. The lowest BCUT2D eigenvalue weighted by atomic mass is 9.97. The van der Waals surface area contributed by atoms with E-state index in [1.165, 1.54) is 0 Å². The Morgan fingerprint density at radius 1 is 1.50 bits per heavy atom. The zero-order chi connectivity index (χ0) is 9.14. The van der Waals surface area contributed by atoms with Gasteiger partial charge in [-0.15, -0.1) is 0 Å². The van der Waals surface area contributed by atoms with Gasteiger partial charge < -0.3 is 11.1 Å². The summed E-state index contributed by atoms with van der Waals surface area (Å²) in [6.45, 7) is 3.41. The van der Waals surface area contributed by atoms with Gasteiger partial charge in [0.2, 0.25) is 5.91 Å². The molecule has 1 aliphatic heterocycles. The van der Waals surface area contributed by atoms with E-state index in [-0.39, 0.29) is 17.7 Å². The van der Waals surface area contributed by atoms with Crippen LogP contribution in [0, 0.1) is 11.8 Å². The highest BCUT2D eigenvalue weighted by Gasteiger charge is 2.29. The number of primary amides is 1. The van der Waals surface area contributed by atoms with Gasteiger partial charge in [0.25, 0.3) is 0 Å². The molecule has 12 heavy (non-hydrogen) atoms. The molecule has 4 N–H and O–H groups in total. The fourth-order valence-electron chi connectivity index (χ4n) is 1.38. The van der Waals surface area contributed by atoms with Gasteiger partial charge in [0.1, 0.15) is 0 Å². The summed E-state index contributed by atoms with van der Waals surface area (Å²) in [6, 6.07) is -0.779. The minimum absolute atomic E-state index is 0.127. The molecule has 0 radical (unpaired) electrons. The molecule has 0 aromatic heterocycles. The Morgan fingerprint density at radius 2 is 2.17 bits per heavy atom. The first-order chi connectivity index (χ1) is 5.61. The molecule has 1 heterocycles. The molecule has 1 saturated heterocycles. The van der Waals surface area contributed by atoms with Gasteiger partial charge in [-0.2, -0.15) is 0 Å². The SMILES string of the molecule is CC1CNCC1C(=O)NC(N)=O. The third-order valence-electron chi connectivity index (χ3n) is 2.10. The van der Waals surface area contributed by atoms with Gasteiger partial charge in [-0.25, -0.2) is 4.79 Å². The number of amides is 3. The van der Waals surface area contributed by atoms with E-state index in [1.807, 2.05) is 6.92 Å². The average molecular weight is 171 g/mol. The number of nitrogens with one attached hydrogen (secondary N) is 2. The van der Waals surface area contributed by atoms with Crippen molar-refractivity contribution in [3.63, 3.8) is 0 Å². The van der Waals surface area contributed by atoms with E-state index in [4.69, 9.17) is 5.73 Å². The minimum atomic E-state index is -0.779. The van der Waals surface area contributed by atoms with Crippen molar-refractivity contribution in [3.05, 3.63) is 0 Å². The molecule has 1 aliphatic rings. The van der Waals surface area contributed by atoms with E-state index < -0.39 is 6.03 Å². The van der Waals surface area contributed by atoms with E-state index in [0.717, 1.165) is 6.54 Å². The van der Waals surface area contributed by atoms with Crippen molar-refractivity contribution < 1.29 is 9.59 Å². The van der Waals surface area contributed by atoms with Gasteiger partial charge in [-0.05, 0) is 12.5 Å². The largest absolute Gasteiger partial charge is 0.351 e. The van der Waals surface area contributed by atoms with Gasteiger partial charge in [0, 0.05) is 6.54 Å². The first-order valence-electron chi connectivity index (χ1n) is 3.92. The maximum absolute atomic E-state index is 11.2. The second kappa shape index (κ2) is 3.53. The van der Waals surface area contributed by atoms with E-state index in [0.29, 0.717) is 6.54 Å². The summed E-state index contributed by atoms with van der Waals surface area (Å²) in [6.07, 6.45) is 0. The van der Waals surface area contributed by atoms with E-state index in [1.54, 1.807) is 0 Å². The highest BCUT2D eigenvalue weighted by Crippen LogP contribution is 2.15. The van der Waals surface area contributed by atoms with Crippen LogP contribution in [0.2, 0.25) is 0 Å². The van der Waals surface area contributed by atoms with Crippen molar-refractivity contribution in [2.75, 3.05) is 13.1 Å². The molecule has 1 rings (SSSR count). The van der Waals surface area contributed by atoms with E-state index >= 15 is 0 Å². The third-order valence-corrected chi connectivity index (χ3v) is 2.10. The fraction of sp³-hybridized carbons (Fsp3) is 0.714. The summed E-state index contributed by atoms with van der Waals surface area (Å²) in [5.74, 6) is -0.137. The number of hydrogen-bond acceptors (Lipinski definition) is 3. The molecule has 1 fully saturated rings. The molecule has 0 saturated carbocycles. The Balaban J connectivity index is 2.46. The van der Waals surface area contributed by atoms with Crippen molar-refractivity contribution >= 4 is 11.9 Å². The number of imide groups is 1. The molecule has 0 spiro atoms. The number of carbonyl (C=O) groups excluding carboxylic acids is 2. The quantitative estimate of drug-likeness (QED) is 0.475. The van der Waals surface area contributed by atoms with Crippen LogP contribution in [0.4, 0.5) is 4.79 Å². The van der Waals surface area contributed by atoms with Crippen LogP contribution in [0.1, 0.15) is 6.92 Å². The van der Waals surface area contributed by atoms with Crippen LogP contribution in [0.25, 0.3) is 0 Å². The van der Waals surface area contributed by atoms with Crippen molar-refractivity contribution in [2.24, 2.45) is 17.6 Å². The minimum Gasteiger partial charge on any atom is -0.351 e. The van der Waals surface area contributed by atoms with Crippen LogP contribution in [0.5, 0.6) is 0 Å². The van der Waals surface area contributed by atoms with Crippen molar-refractivity contribution in [2.45, 2.75) is 6.92 Å². The molecular formula is C7H13N3O2. The Bertz CT molecular complexity index is 205. The molecule has 5 nitrogen and oxygen atoms in total. The molecule has 2 unspecified atom stereocenters. The van der Waals surface area contributed by atoms with Gasteiger partial charge in [-0.1, -0.05) is 6.92 Å². The van der Waals surface area contributed by atoms with Crippen molar-refractivity contribution in [1.29, 1.82) is 0 Å². The summed E-state index contributed by atoms with van der Waals surface area (Å²) < 4.78 is 0. The number of rotatable bonds is 1. The van der Waals surface area contributed by atoms with Crippen LogP contribution in [-0.4, -0.2) is 25.0 Å². The molecule has 2 atom stereocenters. The maximum atomic E-state index is 11.2. The standard InChI is InChI=1S/C7H13N3O2/c1-4-2-9-3-5(4)6(11)10-7(8)12/h4-5,9H,2-3H2,1H3,(H3,8,10,11,12). The summed E-state index contributed by atoms with van der Waals surface area (Å²) >= 11 is 0. The lowest BCUT2D eigenvalue weighted by molar-refractivity contribution is -0.124. The first-order valence-corrected chi connectivity index (χ1v) is 3.92. The van der Waals surface area contributed by atoms with E-state index in [9.17, 15) is 9.59 Å². The maximum Gasteiger partial charge on any atom is 0.318 e. The van der Waals surface area contributed by atoms with Crippen molar-refractivity contribution in [1.82, 2.24) is 10.6 Å². The number of urea groups is 1. The second-order valence-corrected chi connectivity index (χ2v) is 3.10. The lowest BCUT2D eigenvalue weighted by Crippen LogP contribution is -2.41. The fourth-order valence-corrected chi connectivity index (χ4v) is 1.38. The van der Waals surface area contributed by atoms with Gasteiger partial charge in [0.15, 0.2) is 0 Å². The Kier molecular flexibility index (Phi) is 2.65. The van der Waals surface area contributed by atoms with Crippen LogP contribution in [0.3, 0.4) is 0 Å². The number of hydrogen-bond donors (Lipinski definition) is 3. The van der Waals surface area contributed by atoms with Crippen molar-refractivity contribution in [3.8, 4) is 0 Å². The topological polar surface area (TPSA) is 84.2 Å². The predicted octanol–water partition coefficient (Wildman–Crippen LogP) is -0.963. The third kappa shape index (κ3) is 1.94. The van der Waals surface area contributed by atoms with Crippen LogP contribution < -0.4 is 16.4 Å². The Labute approximate surface area is 70.7 Å². The van der Waals surface area contributed by atoms with Gasteiger partial charge >= 0.3 is 6.03 Å². The Hall–Kier alpha value is -1.10. The highest BCUT2D eigenvalue weighted by molar-refractivity contribution is 5.95. The summed E-state index contributed by atoms with van der Waals surface area (Å²) in [4.78, 5) is 21.6. The summed E-state index contributed by atoms with van der Waals surface area (Å²) in [7, 11) is 0. The number of nitrogens with two attached hydrogens (primary N) is 1. The van der Waals surface area contributed by atoms with Crippen LogP contribution in [0.15, 0.2) is 0 Å². The highest BCUT2D eigenvalue weighted by atomic mass is 16.2. The van der Waals surface area contributed by atoms with Crippen LogP contribution in [-0.2, 0) is 4.79 Å². The molecule has 0 aliphatic carbocycles. The molecule has 5 heteroatoms. The average Bonchev–Trinajstić information content (AvgIpc) is 2.33. The van der Waals surface area contributed by atoms with Gasteiger partial charge in [0.05, 0.1) is 5.92 Å².